The molecule has 62 valence electrons. The SMILES string of the molecule is CCCC(Cl)c1cnc(C)[nH]1. The van der Waals surface area contributed by atoms with Crippen LogP contribution in [0.25, 0.3) is 0 Å². The summed E-state index contributed by atoms with van der Waals surface area (Å²) in [5, 5.41) is 0.0983. The first-order valence-electron chi connectivity index (χ1n) is 3.89. The Morgan fingerprint density at radius 1 is 1.73 bits per heavy atom. The summed E-state index contributed by atoms with van der Waals surface area (Å²) in [5.41, 5.74) is 1.03. The van der Waals surface area contributed by atoms with Crippen LogP contribution in [0.2, 0.25) is 0 Å². The number of alkyl halides is 1. The maximum atomic E-state index is 6.05. The first kappa shape index (κ1) is 8.60. The zero-order valence-electron chi connectivity index (χ0n) is 6.89. The molecular formula is C8H13ClN2. The third-order valence-electron chi connectivity index (χ3n) is 1.60. The first-order valence-corrected chi connectivity index (χ1v) is 4.33. The van der Waals surface area contributed by atoms with Gasteiger partial charge in [0, 0.05) is 6.20 Å². The number of H-pyrrole nitrogens is 1. The highest BCUT2D eigenvalue weighted by Gasteiger charge is 2.07. The van der Waals surface area contributed by atoms with Crippen molar-refractivity contribution in [3.8, 4) is 0 Å². The van der Waals surface area contributed by atoms with Crippen molar-refractivity contribution in [1.82, 2.24) is 9.97 Å². The molecule has 1 rings (SSSR count). The smallest absolute Gasteiger partial charge is 0.103 e. The summed E-state index contributed by atoms with van der Waals surface area (Å²) < 4.78 is 0. The van der Waals surface area contributed by atoms with E-state index in [0.717, 1.165) is 24.4 Å². The lowest BCUT2D eigenvalue weighted by Crippen LogP contribution is -1.89. The predicted octanol–water partition coefficient (Wildman–Crippen LogP) is 2.80. The third-order valence-corrected chi connectivity index (χ3v) is 2.06. The highest BCUT2D eigenvalue weighted by atomic mass is 35.5. The van der Waals surface area contributed by atoms with Gasteiger partial charge in [-0.1, -0.05) is 13.3 Å². The zero-order valence-corrected chi connectivity index (χ0v) is 7.65. The number of nitrogens with one attached hydrogen (secondary N) is 1. The molecule has 0 amide bonds. The van der Waals surface area contributed by atoms with Gasteiger partial charge in [0.1, 0.15) is 5.82 Å². The van der Waals surface area contributed by atoms with Gasteiger partial charge in [-0.05, 0) is 13.3 Å². The zero-order chi connectivity index (χ0) is 8.27. The fourth-order valence-electron chi connectivity index (χ4n) is 1.01. The van der Waals surface area contributed by atoms with E-state index in [1.807, 2.05) is 13.1 Å². The van der Waals surface area contributed by atoms with E-state index in [0.29, 0.717) is 0 Å². The third kappa shape index (κ3) is 2.22. The quantitative estimate of drug-likeness (QED) is 0.698. The Morgan fingerprint density at radius 3 is 2.91 bits per heavy atom. The molecule has 1 aromatic rings. The van der Waals surface area contributed by atoms with Crippen molar-refractivity contribution < 1.29 is 0 Å². The second kappa shape index (κ2) is 3.77. The van der Waals surface area contributed by atoms with Gasteiger partial charge < -0.3 is 4.98 Å². The van der Waals surface area contributed by atoms with E-state index in [9.17, 15) is 0 Å². The van der Waals surface area contributed by atoms with Gasteiger partial charge in [-0.25, -0.2) is 4.98 Å². The van der Waals surface area contributed by atoms with Gasteiger partial charge in [-0.15, -0.1) is 11.6 Å². The van der Waals surface area contributed by atoms with E-state index < -0.39 is 0 Å². The Morgan fingerprint density at radius 2 is 2.45 bits per heavy atom. The summed E-state index contributed by atoms with van der Waals surface area (Å²) in [6, 6.07) is 0. The van der Waals surface area contributed by atoms with Crippen LogP contribution < -0.4 is 0 Å². The Hall–Kier alpha value is -0.500. The summed E-state index contributed by atoms with van der Waals surface area (Å²) in [4.78, 5) is 7.20. The van der Waals surface area contributed by atoms with Crippen LogP contribution in [0.1, 0.15) is 36.7 Å². The van der Waals surface area contributed by atoms with Gasteiger partial charge in [0.25, 0.3) is 0 Å². The summed E-state index contributed by atoms with van der Waals surface area (Å²) in [5.74, 6) is 0.932. The number of aromatic nitrogens is 2. The Balaban J connectivity index is 2.60. The molecule has 1 aromatic heterocycles. The van der Waals surface area contributed by atoms with Gasteiger partial charge in [-0.2, -0.15) is 0 Å². The lowest BCUT2D eigenvalue weighted by molar-refractivity contribution is 0.754. The van der Waals surface area contributed by atoms with E-state index >= 15 is 0 Å². The van der Waals surface area contributed by atoms with Crippen molar-refractivity contribution in [1.29, 1.82) is 0 Å². The van der Waals surface area contributed by atoms with Crippen LogP contribution in [0.5, 0.6) is 0 Å². The lowest BCUT2D eigenvalue weighted by atomic mass is 10.2. The lowest BCUT2D eigenvalue weighted by Gasteiger charge is -2.02. The average Bonchev–Trinajstić information content (AvgIpc) is 2.36. The van der Waals surface area contributed by atoms with Crippen LogP contribution in [-0.4, -0.2) is 9.97 Å². The molecule has 0 aliphatic carbocycles. The molecule has 3 heteroatoms. The maximum Gasteiger partial charge on any atom is 0.103 e. The Labute approximate surface area is 72.0 Å². The molecule has 2 nitrogen and oxygen atoms in total. The van der Waals surface area contributed by atoms with E-state index in [2.05, 4.69) is 16.9 Å². The number of hydrogen-bond acceptors (Lipinski definition) is 1. The molecule has 0 aliphatic heterocycles. The maximum absolute atomic E-state index is 6.05. The van der Waals surface area contributed by atoms with E-state index in [-0.39, 0.29) is 5.38 Å². The Kier molecular flexibility index (Phi) is 2.94. The van der Waals surface area contributed by atoms with Crippen molar-refractivity contribution >= 4 is 11.6 Å². The van der Waals surface area contributed by atoms with Crippen LogP contribution in [0.15, 0.2) is 6.20 Å². The molecule has 0 aliphatic rings. The molecule has 11 heavy (non-hydrogen) atoms. The van der Waals surface area contributed by atoms with Gasteiger partial charge in [0.2, 0.25) is 0 Å². The molecular weight excluding hydrogens is 160 g/mol. The van der Waals surface area contributed by atoms with E-state index in [1.54, 1.807) is 0 Å². The number of hydrogen-bond donors (Lipinski definition) is 1. The van der Waals surface area contributed by atoms with E-state index in [4.69, 9.17) is 11.6 Å². The number of rotatable bonds is 3. The summed E-state index contributed by atoms with van der Waals surface area (Å²) in [7, 11) is 0. The highest BCUT2D eigenvalue weighted by molar-refractivity contribution is 6.20. The van der Waals surface area contributed by atoms with Crippen molar-refractivity contribution in [3.05, 3.63) is 17.7 Å². The minimum Gasteiger partial charge on any atom is -0.345 e. The van der Waals surface area contributed by atoms with Crippen LogP contribution in [0.4, 0.5) is 0 Å². The molecule has 0 fully saturated rings. The van der Waals surface area contributed by atoms with Gasteiger partial charge in [0.05, 0.1) is 11.1 Å². The molecule has 0 aromatic carbocycles. The molecule has 0 bridgehead atoms. The fraction of sp³-hybridized carbons (Fsp3) is 0.625. The van der Waals surface area contributed by atoms with Gasteiger partial charge in [0.15, 0.2) is 0 Å². The molecule has 1 unspecified atom stereocenters. The minimum atomic E-state index is 0.0983. The molecule has 1 atom stereocenters. The predicted molar refractivity (Wildman–Crippen MR) is 46.8 cm³/mol. The fourth-order valence-corrected chi connectivity index (χ4v) is 1.34. The second-order valence-corrected chi connectivity index (χ2v) is 3.21. The van der Waals surface area contributed by atoms with Crippen LogP contribution in [-0.2, 0) is 0 Å². The number of halogens is 1. The van der Waals surface area contributed by atoms with Gasteiger partial charge in [-0.3, -0.25) is 0 Å². The van der Waals surface area contributed by atoms with Crippen molar-refractivity contribution in [2.24, 2.45) is 0 Å². The highest BCUT2D eigenvalue weighted by Crippen LogP contribution is 2.23. The summed E-state index contributed by atoms with van der Waals surface area (Å²) in [6.07, 6.45) is 3.91. The van der Waals surface area contributed by atoms with Crippen LogP contribution in [0.3, 0.4) is 0 Å². The second-order valence-electron chi connectivity index (χ2n) is 2.68. The van der Waals surface area contributed by atoms with Crippen molar-refractivity contribution in [2.45, 2.75) is 32.1 Å². The van der Waals surface area contributed by atoms with Crippen molar-refractivity contribution in [2.75, 3.05) is 0 Å². The summed E-state index contributed by atoms with van der Waals surface area (Å²) in [6.45, 7) is 4.05. The number of aromatic amines is 1. The minimum absolute atomic E-state index is 0.0983. The number of nitrogens with zero attached hydrogens (tertiary/aromatic N) is 1. The Bertz CT molecular complexity index is 220. The van der Waals surface area contributed by atoms with Crippen molar-refractivity contribution in [3.63, 3.8) is 0 Å². The standard InChI is InChI=1S/C8H13ClN2/c1-3-4-7(9)8-5-10-6(2)11-8/h5,7H,3-4H2,1-2H3,(H,10,11). The number of aryl methyl sites for hydroxylation is 1. The molecule has 0 spiro atoms. The van der Waals surface area contributed by atoms with Crippen LogP contribution in [0, 0.1) is 6.92 Å². The van der Waals surface area contributed by atoms with E-state index in [1.165, 1.54) is 0 Å². The molecule has 0 saturated carbocycles. The normalized spacial score (nSPS) is 13.4. The number of imidazole rings is 1. The molecule has 1 heterocycles. The van der Waals surface area contributed by atoms with Crippen LogP contribution >= 0.6 is 11.6 Å². The molecule has 0 saturated heterocycles. The molecule has 0 radical (unpaired) electrons. The van der Waals surface area contributed by atoms with Gasteiger partial charge >= 0.3 is 0 Å². The average molecular weight is 173 g/mol. The topological polar surface area (TPSA) is 28.7 Å². The molecule has 1 N–H and O–H groups in total. The monoisotopic (exact) mass is 172 g/mol. The summed E-state index contributed by atoms with van der Waals surface area (Å²) >= 11 is 6.05. The first-order chi connectivity index (χ1) is 5.24. The largest absolute Gasteiger partial charge is 0.345 e.